The van der Waals surface area contributed by atoms with Crippen LogP contribution < -0.4 is 10.1 Å². The highest BCUT2D eigenvalue weighted by molar-refractivity contribution is 9.10. The Balaban J connectivity index is 1.78. The lowest BCUT2D eigenvalue weighted by Gasteiger charge is -2.29. The molecule has 35 heavy (non-hydrogen) atoms. The Labute approximate surface area is 222 Å². The van der Waals surface area contributed by atoms with Crippen LogP contribution in [0.25, 0.3) is 0 Å². The maximum absolute atomic E-state index is 13.1. The molecule has 0 fully saturated rings. The molecule has 2 aromatic carbocycles. The fraction of sp³-hybridized carbons (Fsp3) is 0.320. The van der Waals surface area contributed by atoms with E-state index in [1.54, 1.807) is 23.4 Å². The molecule has 1 aliphatic heterocycles. The first kappa shape index (κ1) is 25.6. The number of allylic oxidation sites excluding steroid dienone is 1. The van der Waals surface area contributed by atoms with Crippen LogP contribution in [0.4, 0.5) is 5.95 Å². The summed E-state index contributed by atoms with van der Waals surface area (Å²) < 4.78 is 14.3. The van der Waals surface area contributed by atoms with Crippen molar-refractivity contribution in [3.63, 3.8) is 0 Å². The largest absolute Gasteiger partial charge is 0.489 e. The van der Waals surface area contributed by atoms with E-state index in [0.717, 1.165) is 27.8 Å². The van der Waals surface area contributed by atoms with Crippen molar-refractivity contribution in [1.29, 1.82) is 0 Å². The zero-order valence-corrected chi connectivity index (χ0v) is 22.8. The number of rotatable bonds is 9. The average Bonchev–Trinajstić information content (AvgIpc) is 3.24. The van der Waals surface area contributed by atoms with Crippen molar-refractivity contribution in [2.45, 2.75) is 45.0 Å². The Kier molecular flexibility index (Phi) is 8.41. The van der Waals surface area contributed by atoms with Gasteiger partial charge in [-0.3, -0.25) is 0 Å². The Morgan fingerprint density at radius 1 is 1.23 bits per heavy atom. The topological polar surface area (TPSA) is 78.3 Å². The van der Waals surface area contributed by atoms with E-state index in [0.29, 0.717) is 39.8 Å². The van der Waals surface area contributed by atoms with Gasteiger partial charge in [-0.2, -0.15) is 4.98 Å². The van der Waals surface area contributed by atoms with Crippen LogP contribution in [0.3, 0.4) is 0 Å². The summed E-state index contributed by atoms with van der Waals surface area (Å²) in [6, 6.07) is 12.7. The maximum Gasteiger partial charge on any atom is 0.338 e. The van der Waals surface area contributed by atoms with Crippen LogP contribution in [-0.2, 0) is 16.1 Å². The first-order chi connectivity index (χ1) is 16.9. The number of hydrogen-bond donors (Lipinski definition) is 1. The van der Waals surface area contributed by atoms with Crippen LogP contribution >= 0.6 is 39.3 Å². The summed E-state index contributed by atoms with van der Waals surface area (Å²) in [5, 5.41) is 9.30. The molecular formula is C25H26BrClN4O3S. The van der Waals surface area contributed by atoms with Gasteiger partial charge in [0.05, 0.1) is 12.2 Å². The SMILES string of the molecule is CCCSc1nc2n(n1)C(c1cc(Br)ccc1OCc1ccc(Cl)cc1)C(C(=O)OCC)=C(C)N2. The molecule has 0 amide bonds. The van der Waals surface area contributed by atoms with E-state index in [2.05, 4.69) is 33.2 Å². The third-order valence-electron chi connectivity index (χ3n) is 5.34. The third-order valence-corrected chi connectivity index (χ3v) is 7.13. The molecule has 0 saturated carbocycles. The first-order valence-electron chi connectivity index (χ1n) is 11.3. The molecule has 0 bridgehead atoms. The Bertz CT molecular complexity index is 1250. The lowest BCUT2D eigenvalue weighted by molar-refractivity contribution is -0.139. The van der Waals surface area contributed by atoms with Gasteiger partial charge in [0.25, 0.3) is 0 Å². The molecule has 3 aromatic rings. The molecule has 1 unspecified atom stereocenters. The molecule has 1 aromatic heterocycles. The summed E-state index contributed by atoms with van der Waals surface area (Å²) in [6.07, 6.45) is 1.01. The quantitative estimate of drug-likeness (QED) is 0.226. The third kappa shape index (κ3) is 5.85. The lowest BCUT2D eigenvalue weighted by Crippen LogP contribution is -2.30. The van der Waals surface area contributed by atoms with E-state index < -0.39 is 12.0 Å². The van der Waals surface area contributed by atoms with Crippen LogP contribution in [0, 0.1) is 0 Å². The van der Waals surface area contributed by atoms with Crippen molar-refractivity contribution in [2.75, 3.05) is 17.7 Å². The van der Waals surface area contributed by atoms with E-state index in [1.807, 2.05) is 49.4 Å². The van der Waals surface area contributed by atoms with Gasteiger partial charge in [-0.1, -0.05) is 58.3 Å². The molecule has 7 nitrogen and oxygen atoms in total. The van der Waals surface area contributed by atoms with Gasteiger partial charge in [0.2, 0.25) is 11.1 Å². The van der Waals surface area contributed by atoms with E-state index in [1.165, 1.54) is 0 Å². The summed E-state index contributed by atoms with van der Waals surface area (Å²) in [5.41, 5.74) is 2.89. The Hall–Kier alpha value is -2.49. The van der Waals surface area contributed by atoms with Crippen molar-refractivity contribution in [3.8, 4) is 5.75 Å². The van der Waals surface area contributed by atoms with Crippen molar-refractivity contribution in [1.82, 2.24) is 14.8 Å². The summed E-state index contributed by atoms with van der Waals surface area (Å²) in [5.74, 6) is 1.70. The zero-order valence-electron chi connectivity index (χ0n) is 19.7. The first-order valence-corrected chi connectivity index (χ1v) is 13.5. The van der Waals surface area contributed by atoms with Crippen LogP contribution in [0.5, 0.6) is 5.75 Å². The Morgan fingerprint density at radius 2 is 2.00 bits per heavy atom. The summed E-state index contributed by atoms with van der Waals surface area (Å²) in [6.45, 7) is 6.36. The molecule has 0 radical (unpaired) electrons. The summed E-state index contributed by atoms with van der Waals surface area (Å²) in [7, 11) is 0. The molecule has 4 rings (SSSR count). The number of ether oxygens (including phenoxy) is 2. The minimum atomic E-state index is -0.577. The van der Waals surface area contributed by atoms with E-state index in [4.69, 9.17) is 26.2 Å². The van der Waals surface area contributed by atoms with E-state index in [-0.39, 0.29) is 6.61 Å². The normalized spacial score (nSPS) is 14.9. The number of carbonyl (C=O) groups is 1. The number of anilines is 1. The standard InChI is InChI=1S/C25H26BrClN4O3S/c1-4-12-35-25-29-24-28-15(3)21(23(32)33-5-2)22(31(24)30-25)19-13-17(26)8-11-20(19)34-14-16-6-9-18(27)10-7-16/h6-11,13,22H,4-5,12,14H2,1-3H3,(H,28,29,30). The highest BCUT2D eigenvalue weighted by Crippen LogP contribution is 2.41. The maximum atomic E-state index is 13.1. The number of carbonyl (C=O) groups excluding carboxylic acids is 1. The second kappa shape index (κ2) is 11.5. The van der Waals surface area contributed by atoms with Gasteiger partial charge >= 0.3 is 5.97 Å². The molecule has 0 spiro atoms. The average molecular weight is 578 g/mol. The van der Waals surface area contributed by atoms with Crippen molar-refractivity contribution in [2.24, 2.45) is 0 Å². The number of aromatic nitrogens is 3. The minimum absolute atomic E-state index is 0.266. The van der Waals surface area contributed by atoms with Crippen molar-refractivity contribution < 1.29 is 14.3 Å². The number of halogens is 2. The number of esters is 1. The van der Waals surface area contributed by atoms with Gasteiger partial charge < -0.3 is 14.8 Å². The number of thioether (sulfide) groups is 1. The van der Waals surface area contributed by atoms with Crippen LogP contribution in [-0.4, -0.2) is 33.1 Å². The van der Waals surface area contributed by atoms with Gasteiger partial charge in [-0.25, -0.2) is 9.48 Å². The molecule has 0 saturated heterocycles. The number of hydrogen-bond acceptors (Lipinski definition) is 7. The lowest BCUT2D eigenvalue weighted by atomic mass is 9.95. The van der Waals surface area contributed by atoms with Gasteiger partial charge in [-0.15, -0.1) is 5.10 Å². The molecule has 1 atom stereocenters. The van der Waals surface area contributed by atoms with Crippen LogP contribution in [0.2, 0.25) is 5.02 Å². The fourth-order valence-corrected chi connectivity index (χ4v) is 4.94. The summed E-state index contributed by atoms with van der Waals surface area (Å²) in [4.78, 5) is 17.8. The van der Waals surface area contributed by atoms with Crippen molar-refractivity contribution >= 4 is 51.2 Å². The Morgan fingerprint density at radius 3 is 2.71 bits per heavy atom. The van der Waals surface area contributed by atoms with E-state index >= 15 is 0 Å². The molecule has 184 valence electrons. The summed E-state index contributed by atoms with van der Waals surface area (Å²) >= 11 is 11.2. The smallest absolute Gasteiger partial charge is 0.338 e. The molecule has 2 heterocycles. The van der Waals surface area contributed by atoms with Crippen molar-refractivity contribution in [3.05, 3.63) is 74.4 Å². The number of nitrogens with zero attached hydrogens (tertiary/aromatic N) is 3. The van der Waals surface area contributed by atoms with Gasteiger partial charge in [0, 0.05) is 26.5 Å². The fourth-order valence-electron chi connectivity index (χ4n) is 3.75. The molecule has 1 aliphatic rings. The second-order valence-corrected chi connectivity index (χ2v) is 10.3. The van der Waals surface area contributed by atoms with Gasteiger partial charge in [-0.05, 0) is 56.2 Å². The van der Waals surface area contributed by atoms with Crippen LogP contribution in [0.15, 0.2) is 63.4 Å². The zero-order chi connectivity index (χ0) is 24.9. The van der Waals surface area contributed by atoms with Gasteiger partial charge in [0.1, 0.15) is 18.4 Å². The number of benzene rings is 2. The highest BCUT2D eigenvalue weighted by Gasteiger charge is 2.37. The minimum Gasteiger partial charge on any atom is -0.489 e. The number of fused-ring (bicyclic) bond motifs is 1. The molecular weight excluding hydrogens is 552 g/mol. The molecule has 1 N–H and O–H groups in total. The molecule has 10 heteroatoms. The predicted octanol–water partition coefficient (Wildman–Crippen LogP) is 6.63. The number of nitrogens with one attached hydrogen (secondary N) is 1. The van der Waals surface area contributed by atoms with Gasteiger partial charge in [0.15, 0.2) is 0 Å². The monoisotopic (exact) mass is 576 g/mol. The second-order valence-electron chi connectivity index (χ2n) is 7.89. The highest BCUT2D eigenvalue weighted by atomic mass is 79.9. The van der Waals surface area contributed by atoms with Crippen LogP contribution in [0.1, 0.15) is 44.4 Å². The van der Waals surface area contributed by atoms with E-state index in [9.17, 15) is 4.79 Å². The molecule has 0 aliphatic carbocycles. The predicted molar refractivity (Wildman–Crippen MR) is 142 cm³/mol.